The largest absolute Gasteiger partial charge is 0.349 e. The molecule has 2 atom stereocenters. The van der Waals surface area contributed by atoms with Crippen molar-refractivity contribution in [1.82, 2.24) is 20.3 Å². The van der Waals surface area contributed by atoms with Gasteiger partial charge in [0, 0.05) is 41.6 Å². The van der Waals surface area contributed by atoms with Gasteiger partial charge in [0.2, 0.25) is 5.91 Å². The van der Waals surface area contributed by atoms with Crippen LogP contribution in [0.15, 0.2) is 54.4 Å². The van der Waals surface area contributed by atoms with E-state index >= 15 is 0 Å². The Balaban J connectivity index is 1.33. The first kappa shape index (κ1) is 15.0. The van der Waals surface area contributed by atoms with E-state index in [9.17, 15) is 4.79 Å². The molecule has 1 saturated carbocycles. The zero-order chi connectivity index (χ0) is 16.4. The molecule has 0 saturated heterocycles. The lowest BCUT2D eigenvalue weighted by Crippen LogP contribution is -2.24. The van der Waals surface area contributed by atoms with E-state index in [0.29, 0.717) is 12.5 Å². The van der Waals surface area contributed by atoms with Crippen molar-refractivity contribution in [3.05, 3.63) is 65.0 Å². The van der Waals surface area contributed by atoms with Crippen LogP contribution in [0, 0.1) is 5.92 Å². The Kier molecular flexibility index (Phi) is 4.04. The molecule has 1 N–H and O–H groups in total. The Labute approximate surface area is 143 Å². The van der Waals surface area contributed by atoms with Crippen molar-refractivity contribution in [1.29, 1.82) is 0 Å². The van der Waals surface area contributed by atoms with E-state index in [1.807, 2.05) is 35.8 Å². The highest BCUT2D eigenvalue weighted by Gasteiger charge is 2.43. The summed E-state index contributed by atoms with van der Waals surface area (Å²) in [6, 6.07) is 7.81. The molecule has 120 valence electrons. The van der Waals surface area contributed by atoms with E-state index in [1.54, 1.807) is 29.9 Å². The molecule has 3 aromatic rings. The van der Waals surface area contributed by atoms with Gasteiger partial charge in [-0.1, -0.05) is 6.07 Å². The lowest BCUT2D eigenvalue weighted by molar-refractivity contribution is -0.122. The summed E-state index contributed by atoms with van der Waals surface area (Å²) in [4.78, 5) is 25.0. The Morgan fingerprint density at radius 1 is 1.21 bits per heavy atom. The number of carbonyl (C=O) groups is 1. The average Bonchev–Trinajstić information content (AvgIpc) is 3.31. The first-order valence-corrected chi connectivity index (χ1v) is 8.71. The summed E-state index contributed by atoms with van der Waals surface area (Å²) in [5.41, 5.74) is 3.11. The maximum atomic E-state index is 12.3. The highest BCUT2D eigenvalue weighted by Crippen LogP contribution is 2.47. The quantitative estimate of drug-likeness (QED) is 0.778. The first-order valence-electron chi connectivity index (χ1n) is 7.83. The molecule has 3 aromatic heterocycles. The summed E-state index contributed by atoms with van der Waals surface area (Å²) in [6.45, 7) is 0.477. The molecule has 0 aliphatic heterocycles. The Bertz CT molecular complexity index is 834. The molecule has 0 aromatic carbocycles. The summed E-state index contributed by atoms with van der Waals surface area (Å²) in [6.07, 6.45) is 8.00. The van der Waals surface area contributed by atoms with Gasteiger partial charge in [0.25, 0.3) is 0 Å². The van der Waals surface area contributed by atoms with Crippen molar-refractivity contribution in [3.8, 4) is 11.3 Å². The second-order valence-corrected chi connectivity index (χ2v) is 6.76. The predicted molar refractivity (Wildman–Crippen MR) is 92.3 cm³/mol. The van der Waals surface area contributed by atoms with Crippen LogP contribution in [-0.4, -0.2) is 20.9 Å². The molecule has 4 rings (SSSR count). The molecule has 0 unspecified atom stereocenters. The number of hydrogen-bond acceptors (Lipinski definition) is 5. The van der Waals surface area contributed by atoms with E-state index in [0.717, 1.165) is 28.2 Å². The first-order chi connectivity index (χ1) is 11.8. The van der Waals surface area contributed by atoms with Crippen LogP contribution < -0.4 is 5.32 Å². The van der Waals surface area contributed by atoms with Gasteiger partial charge in [-0.2, -0.15) is 0 Å². The van der Waals surface area contributed by atoms with Crippen LogP contribution in [0.25, 0.3) is 11.3 Å². The fourth-order valence-electron chi connectivity index (χ4n) is 2.79. The maximum Gasteiger partial charge on any atom is 0.224 e. The molecule has 0 bridgehead atoms. The number of carbonyl (C=O) groups excluding carboxylic acids is 1. The number of nitrogens with one attached hydrogen (secondary N) is 1. The summed E-state index contributed by atoms with van der Waals surface area (Å²) in [5, 5.41) is 5.92. The second-order valence-electron chi connectivity index (χ2n) is 5.82. The molecule has 0 spiro atoms. The minimum Gasteiger partial charge on any atom is -0.349 e. The standard InChI is InChI=1S/C18H16N4OS/c23-18(15-8-14(15)13-2-1-5-20-9-13)21-10-17-22-16(11-24-17)12-3-6-19-7-4-12/h1-7,9,11,14-15H,8,10H2,(H,21,23)/t14-,15-/m0/s1. The monoisotopic (exact) mass is 336 g/mol. The zero-order valence-corrected chi connectivity index (χ0v) is 13.7. The van der Waals surface area contributed by atoms with Crippen LogP contribution in [0.3, 0.4) is 0 Å². The highest BCUT2D eigenvalue weighted by atomic mass is 32.1. The molecule has 1 amide bonds. The van der Waals surface area contributed by atoms with E-state index in [2.05, 4.69) is 20.3 Å². The zero-order valence-electron chi connectivity index (χ0n) is 12.9. The van der Waals surface area contributed by atoms with Gasteiger partial charge < -0.3 is 5.32 Å². The van der Waals surface area contributed by atoms with Crippen LogP contribution >= 0.6 is 11.3 Å². The van der Waals surface area contributed by atoms with Gasteiger partial charge >= 0.3 is 0 Å². The van der Waals surface area contributed by atoms with Crippen molar-refractivity contribution in [2.24, 2.45) is 5.92 Å². The Morgan fingerprint density at radius 2 is 2.08 bits per heavy atom. The fraction of sp³-hybridized carbons (Fsp3) is 0.222. The van der Waals surface area contributed by atoms with E-state index < -0.39 is 0 Å². The van der Waals surface area contributed by atoms with Crippen LogP contribution in [0.4, 0.5) is 0 Å². The van der Waals surface area contributed by atoms with Crippen LogP contribution in [-0.2, 0) is 11.3 Å². The minimum absolute atomic E-state index is 0.0637. The van der Waals surface area contributed by atoms with Gasteiger partial charge in [0.15, 0.2) is 0 Å². The number of aromatic nitrogens is 3. The normalized spacial score (nSPS) is 19.0. The third-order valence-corrected chi connectivity index (χ3v) is 5.03. The molecule has 0 radical (unpaired) electrons. The summed E-state index contributed by atoms with van der Waals surface area (Å²) in [7, 11) is 0. The Hall–Kier alpha value is -2.60. The van der Waals surface area contributed by atoms with Gasteiger partial charge in [-0.05, 0) is 36.1 Å². The number of amides is 1. The second kappa shape index (κ2) is 6.49. The Morgan fingerprint density at radius 3 is 2.88 bits per heavy atom. The van der Waals surface area contributed by atoms with Gasteiger partial charge in [0.1, 0.15) is 5.01 Å². The lowest BCUT2D eigenvalue weighted by Gasteiger charge is -2.03. The van der Waals surface area contributed by atoms with Gasteiger partial charge in [0.05, 0.1) is 12.2 Å². The summed E-state index contributed by atoms with van der Waals surface area (Å²) >= 11 is 1.56. The fourth-order valence-corrected chi connectivity index (χ4v) is 3.53. The molecule has 3 heterocycles. The molecule has 5 nitrogen and oxygen atoms in total. The summed E-state index contributed by atoms with van der Waals surface area (Å²) in [5.74, 6) is 0.473. The van der Waals surface area contributed by atoms with Crippen LogP contribution in [0.2, 0.25) is 0 Å². The number of nitrogens with zero attached hydrogens (tertiary/aromatic N) is 3. The molecular formula is C18H16N4OS. The van der Waals surface area contributed by atoms with Crippen LogP contribution in [0.1, 0.15) is 22.9 Å². The topological polar surface area (TPSA) is 67.8 Å². The van der Waals surface area contributed by atoms with Gasteiger partial charge in [-0.3, -0.25) is 14.8 Å². The SMILES string of the molecule is O=C(NCc1nc(-c2ccncc2)cs1)[C@H]1C[C@H]1c1cccnc1. The van der Waals surface area contributed by atoms with Crippen LogP contribution in [0.5, 0.6) is 0 Å². The molecule has 6 heteroatoms. The van der Waals surface area contributed by atoms with E-state index in [4.69, 9.17) is 0 Å². The molecule has 1 aliphatic rings. The number of rotatable bonds is 5. The summed E-state index contributed by atoms with van der Waals surface area (Å²) < 4.78 is 0. The van der Waals surface area contributed by atoms with E-state index in [1.165, 1.54) is 0 Å². The van der Waals surface area contributed by atoms with Gasteiger partial charge in [-0.15, -0.1) is 11.3 Å². The lowest BCUT2D eigenvalue weighted by atomic mass is 10.1. The molecular weight excluding hydrogens is 320 g/mol. The third-order valence-electron chi connectivity index (χ3n) is 4.18. The smallest absolute Gasteiger partial charge is 0.224 e. The van der Waals surface area contributed by atoms with Crippen molar-refractivity contribution >= 4 is 17.2 Å². The predicted octanol–water partition coefficient (Wildman–Crippen LogP) is 3.02. The maximum absolute atomic E-state index is 12.3. The number of thiazole rings is 1. The van der Waals surface area contributed by atoms with Crippen molar-refractivity contribution in [3.63, 3.8) is 0 Å². The third kappa shape index (κ3) is 3.19. The molecule has 24 heavy (non-hydrogen) atoms. The van der Waals surface area contributed by atoms with E-state index in [-0.39, 0.29) is 11.8 Å². The molecule has 1 aliphatic carbocycles. The average molecular weight is 336 g/mol. The number of pyridine rings is 2. The highest BCUT2D eigenvalue weighted by molar-refractivity contribution is 7.09. The molecule has 1 fully saturated rings. The van der Waals surface area contributed by atoms with Gasteiger partial charge in [-0.25, -0.2) is 4.98 Å². The van der Waals surface area contributed by atoms with Crippen molar-refractivity contribution < 1.29 is 4.79 Å². The van der Waals surface area contributed by atoms with Crippen molar-refractivity contribution in [2.75, 3.05) is 0 Å². The minimum atomic E-state index is 0.0637. The van der Waals surface area contributed by atoms with Crippen molar-refractivity contribution in [2.45, 2.75) is 18.9 Å². The number of hydrogen-bond donors (Lipinski definition) is 1.